The molecule has 0 bridgehead atoms. The molecule has 6 heteroatoms. The Morgan fingerprint density at radius 2 is 1.47 bits per heavy atom. The molecule has 0 radical (unpaired) electrons. The van der Waals surface area contributed by atoms with Gasteiger partial charge in [0.2, 0.25) is 6.41 Å². The van der Waals surface area contributed by atoms with Gasteiger partial charge in [-0.1, -0.05) is 111 Å². The maximum Gasteiger partial charge on any atom is 0.328 e. The van der Waals surface area contributed by atoms with E-state index in [4.69, 9.17) is 9.47 Å². The lowest BCUT2D eigenvalue weighted by atomic mass is 9.86. The second kappa shape index (κ2) is 20.5. The summed E-state index contributed by atoms with van der Waals surface area (Å²) < 4.78 is 11.4. The zero-order valence-corrected chi connectivity index (χ0v) is 23.7. The minimum atomic E-state index is -0.633. The van der Waals surface area contributed by atoms with Crippen LogP contribution in [0.15, 0.2) is 0 Å². The summed E-state index contributed by atoms with van der Waals surface area (Å²) in [6.07, 6.45) is 19.9. The van der Waals surface area contributed by atoms with Gasteiger partial charge in [-0.2, -0.15) is 0 Å². The first-order valence-corrected chi connectivity index (χ1v) is 15.0. The topological polar surface area (TPSA) is 81.7 Å². The van der Waals surface area contributed by atoms with Gasteiger partial charge in [-0.15, -0.1) is 0 Å². The number of hydrogen-bond donors (Lipinski definition) is 1. The maximum atomic E-state index is 12.9. The molecule has 0 unspecified atom stereocenters. The number of amides is 1. The maximum absolute atomic E-state index is 12.9. The van der Waals surface area contributed by atoms with Crippen molar-refractivity contribution >= 4 is 18.3 Å². The Kier molecular flexibility index (Phi) is 18.4. The molecular weight excluding hydrogens is 454 g/mol. The third kappa shape index (κ3) is 14.2. The van der Waals surface area contributed by atoms with E-state index in [1.165, 1.54) is 64.2 Å². The molecule has 0 saturated carbocycles. The third-order valence-electron chi connectivity index (χ3n) is 7.31. The molecule has 1 fully saturated rings. The van der Waals surface area contributed by atoms with Crippen LogP contribution in [-0.4, -0.2) is 36.6 Å². The summed E-state index contributed by atoms with van der Waals surface area (Å²) in [6.45, 7) is 8.46. The number of unbranched alkanes of at least 4 members (excludes halogenated alkanes) is 12. The number of esters is 2. The Balaban J connectivity index is 2.55. The van der Waals surface area contributed by atoms with Crippen molar-refractivity contribution in [1.29, 1.82) is 0 Å². The number of carbonyl (C=O) groups excluding carboxylic acids is 3. The molecule has 1 saturated heterocycles. The van der Waals surface area contributed by atoms with E-state index in [1.807, 2.05) is 13.8 Å². The van der Waals surface area contributed by atoms with Gasteiger partial charge in [0.15, 0.2) is 0 Å². The average Bonchev–Trinajstić information content (AvgIpc) is 2.84. The minimum Gasteiger partial charge on any atom is -0.461 e. The highest BCUT2D eigenvalue weighted by molar-refractivity contribution is 5.79. The van der Waals surface area contributed by atoms with Gasteiger partial charge in [-0.3, -0.25) is 9.59 Å². The third-order valence-corrected chi connectivity index (χ3v) is 7.31. The Morgan fingerprint density at radius 3 is 2.00 bits per heavy atom. The van der Waals surface area contributed by atoms with E-state index in [0.717, 1.165) is 38.5 Å². The van der Waals surface area contributed by atoms with Crippen LogP contribution < -0.4 is 5.32 Å². The van der Waals surface area contributed by atoms with Gasteiger partial charge in [-0.05, 0) is 31.6 Å². The van der Waals surface area contributed by atoms with Crippen molar-refractivity contribution in [3.8, 4) is 0 Å². The van der Waals surface area contributed by atoms with E-state index in [9.17, 15) is 14.4 Å². The lowest BCUT2D eigenvalue weighted by Gasteiger charge is -2.37. The van der Waals surface area contributed by atoms with E-state index in [2.05, 4.69) is 19.2 Å². The van der Waals surface area contributed by atoms with Crippen molar-refractivity contribution in [3.05, 3.63) is 0 Å². The largest absolute Gasteiger partial charge is 0.461 e. The van der Waals surface area contributed by atoms with Gasteiger partial charge in [0, 0.05) is 6.42 Å². The molecule has 6 nitrogen and oxygen atoms in total. The van der Waals surface area contributed by atoms with Crippen molar-refractivity contribution in [1.82, 2.24) is 5.32 Å². The molecule has 210 valence electrons. The normalized spacial score (nSPS) is 18.9. The van der Waals surface area contributed by atoms with Crippen molar-refractivity contribution < 1.29 is 23.9 Å². The summed E-state index contributed by atoms with van der Waals surface area (Å²) in [7, 11) is 0. The Labute approximate surface area is 221 Å². The first-order valence-electron chi connectivity index (χ1n) is 15.0. The monoisotopic (exact) mass is 509 g/mol. The van der Waals surface area contributed by atoms with Gasteiger partial charge < -0.3 is 14.8 Å². The van der Waals surface area contributed by atoms with Gasteiger partial charge in [0.25, 0.3) is 0 Å². The number of nitrogens with one attached hydrogen (secondary N) is 1. The number of cyclic esters (lactones) is 1. The molecule has 36 heavy (non-hydrogen) atoms. The predicted molar refractivity (Wildman–Crippen MR) is 146 cm³/mol. The first-order chi connectivity index (χ1) is 17.4. The van der Waals surface area contributed by atoms with Crippen molar-refractivity contribution in [2.45, 2.75) is 162 Å². The second-order valence-electron chi connectivity index (χ2n) is 11.2. The van der Waals surface area contributed by atoms with Crippen LogP contribution in [0.4, 0.5) is 0 Å². The van der Waals surface area contributed by atoms with Crippen molar-refractivity contribution in [2.24, 2.45) is 11.8 Å². The Hall–Kier alpha value is -1.59. The first kappa shape index (κ1) is 32.4. The quantitative estimate of drug-likeness (QED) is 0.0840. The van der Waals surface area contributed by atoms with Crippen LogP contribution in [0.3, 0.4) is 0 Å². The highest BCUT2D eigenvalue weighted by atomic mass is 16.6. The molecule has 0 aliphatic carbocycles. The summed E-state index contributed by atoms with van der Waals surface area (Å²) in [6, 6.07) is -0.633. The molecule has 1 aliphatic rings. The zero-order valence-electron chi connectivity index (χ0n) is 23.7. The van der Waals surface area contributed by atoms with Crippen LogP contribution in [0.1, 0.15) is 143 Å². The van der Waals surface area contributed by atoms with Gasteiger partial charge in [0.05, 0.1) is 5.92 Å². The molecule has 4 atom stereocenters. The number of rotatable bonds is 24. The molecule has 0 spiro atoms. The molecule has 1 rings (SSSR count). The van der Waals surface area contributed by atoms with E-state index in [-0.39, 0.29) is 36.0 Å². The zero-order chi connectivity index (χ0) is 26.6. The summed E-state index contributed by atoms with van der Waals surface area (Å²) in [5.41, 5.74) is 0. The minimum absolute atomic E-state index is 0.0738. The fourth-order valence-corrected chi connectivity index (χ4v) is 5.08. The molecule has 1 aliphatic heterocycles. The molecule has 0 aromatic rings. The van der Waals surface area contributed by atoms with E-state index in [0.29, 0.717) is 19.3 Å². The van der Waals surface area contributed by atoms with E-state index < -0.39 is 6.04 Å². The lowest BCUT2D eigenvalue weighted by Crippen LogP contribution is -2.48. The second-order valence-corrected chi connectivity index (χ2v) is 11.2. The summed E-state index contributed by atoms with van der Waals surface area (Å²) in [5, 5.41) is 2.62. The smallest absolute Gasteiger partial charge is 0.328 e. The molecule has 1 amide bonds. The lowest BCUT2D eigenvalue weighted by molar-refractivity contribution is -0.190. The summed E-state index contributed by atoms with van der Waals surface area (Å²) >= 11 is 0. The average molecular weight is 510 g/mol. The van der Waals surface area contributed by atoms with E-state index in [1.54, 1.807) is 0 Å². The van der Waals surface area contributed by atoms with Crippen molar-refractivity contribution in [3.63, 3.8) is 0 Å². The van der Waals surface area contributed by atoms with Gasteiger partial charge in [-0.25, -0.2) is 4.79 Å². The van der Waals surface area contributed by atoms with Crippen LogP contribution in [0.25, 0.3) is 0 Å². The fraction of sp³-hybridized carbons (Fsp3) is 0.900. The predicted octanol–water partition coefficient (Wildman–Crippen LogP) is 7.27. The van der Waals surface area contributed by atoms with Gasteiger partial charge >= 0.3 is 11.9 Å². The van der Waals surface area contributed by atoms with Crippen LogP contribution in [0, 0.1) is 11.8 Å². The van der Waals surface area contributed by atoms with Crippen LogP contribution >= 0.6 is 0 Å². The highest BCUT2D eigenvalue weighted by Gasteiger charge is 2.43. The number of carbonyl (C=O) groups is 3. The number of ether oxygens (including phenoxy) is 2. The van der Waals surface area contributed by atoms with Crippen LogP contribution in [-0.2, 0) is 23.9 Å². The Morgan fingerprint density at radius 1 is 0.917 bits per heavy atom. The van der Waals surface area contributed by atoms with E-state index >= 15 is 0 Å². The summed E-state index contributed by atoms with van der Waals surface area (Å²) in [5.74, 6) is -0.301. The molecule has 0 aromatic heterocycles. The summed E-state index contributed by atoms with van der Waals surface area (Å²) in [4.78, 5) is 36.0. The molecule has 1 N–H and O–H groups in total. The van der Waals surface area contributed by atoms with Crippen molar-refractivity contribution in [2.75, 3.05) is 0 Å². The van der Waals surface area contributed by atoms with Crippen LogP contribution in [0.5, 0.6) is 0 Å². The molecule has 0 aromatic carbocycles. The molecular formula is C30H55NO5. The molecule has 1 heterocycles. The highest BCUT2D eigenvalue weighted by Crippen LogP contribution is 2.32. The Bertz CT molecular complexity index is 594. The fourth-order valence-electron chi connectivity index (χ4n) is 5.08. The van der Waals surface area contributed by atoms with Crippen LogP contribution in [0.2, 0.25) is 0 Å². The number of hydrogen-bond acceptors (Lipinski definition) is 5. The standard InChI is InChI=1S/C30H55NO5/c1-5-7-9-11-12-13-14-15-16-17-19-25(35-30(34)27(31-23-32)21-24(3)4)22-28-26(29(33)36-28)20-18-10-8-6-2/h23-28H,5-22H2,1-4H3,(H,31,32)/t25-,26-,27-,28-/m0/s1. The SMILES string of the molecule is CCCCCCCCCCCC[C@@H](C[C@@H]1OC(=O)[C@H]1CCCCCC)OC(=O)[C@H](CC(C)C)NC=O. The van der Waals surface area contributed by atoms with Gasteiger partial charge in [0.1, 0.15) is 18.2 Å².